The molecule has 27 heavy (non-hydrogen) atoms. The third-order valence-corrected chi connectivity index (χ3v) is 8.54. The molecule has 5 aliphatic carbocycles. The first-order chi connectivity index (χ1) is 13.2. The minimum atomic E-state index is -0.132. The summed E-state index contributed by atoms with van der Waals surface area (Å²) in [5.41, 5.74) is -0.132. The summed E-state index contributed by atoms with van der Waals surface area (Å²) in [5.74, 6) is 3.98. The van der Waals surface area contributed by atoms with Crippen LogP contribution in [0.1, 0.15) is 82.4 Å². The topological polar surface area (TPSA) is 72.2 Å². The molecule has 0 spiro atoms. The van der Waals surface area contributed by atoms with Crippen LogP contribution in [0.15, 0.2) is 0 Å². The number of carbonyl (C=O) groups excluding carboxylic acids is 1. The van der Waals surface area contributed by atoms with E-state index in [4.69, 9.17) is 5.10 Å². The van der Waals surface area contributed by atoms with Gasteiger partial charge in [-0.1, -0.05) is 30.6 Å². The molecule has 2 aromatic rings. The van der Waals surface area contributed by atoms with E-state index >= 15 is 0 Å². The van der Waals surface area contributed by atoms with E-state index in [1.165, 1.54) is 62.7 Å². The fourth-order valence-corrected chi connectivity index (χ4v) is 7.66. The highest BCUT2D eigenvalue weighted by molar-refractivity contribution is 7.20. The van der Waals surface area contributed by atoms with Crippen LogP contribution in [0.3, 0.4) is 0 Å². The van der Waals surface area contributed by atoms with Crippen molar-refractivity contribution in [2.45, 2.75) is 76.5 Å². The van der Waals surface area contributed by atoms with Gasteiger partial charge in [-0.15, -0.1) is 15.3 Å². The number of fused-ring (bicyclic) bond motifs is 1. The second-order valence-electron chi connectivity index (χ2n) is 9.65. The molecule has 5 fully saturated rings. The molecule has 5 aliphatic rings. The molecule has 6 nitrogen and oxygen atoms in total. The van der Waals surface area contributed by atoms with Gasteiger partial charge in [-0.2, -0.15) is 4.52 Å². The Morgan fingerprint density at radius 3 is 2.33 bits per heavy atom. The van der Waals surface area contributed by atoms with E-state index in [1.54, 1.807) is 0 Å². The van der Waals surface area contributed by atoms with E-state index < -0.39 is 0 Å². The molecule has 0 atom stereocenters. The molecule has 5 saturated carbocycles. The van der Waals surface area contributed by atoms with Crippen molar-refractivity contribution >= 4 is 27.3 Å². The van der Waals surface area contributed by atoms with Gasteiger partial charge in [-0.3, -0.25) is 4.79 Å². The van der Waals surface area contributed by atoms with E-state index in [-0.39, 0.29) is 11.3 Å². The second-order valence-corrected chi connectivity index (χ2v) is 10.6. The zero-order valence-electron chi connectivity index (χ0n) is 15.7. The van der Waals surface area contributed by atoms with E-state index in [0.29, 0.717) is 11.0 Å². The molecule has 4 bridgehead atoms. The van der Waals surface area contributed by atoms with Crippen molar-refractivity contribution in [1.82, 2.24) is 19.8 Å². The number of hydrogen-bond donors (Lipinski definition) is 1. The summed E-state index contributed by atoms with van der Waals surface area (Å²) in [4.78, 5) is 14.1. The molecule has 1 amide bonds. The van der Waals surface area contributed by atoms with Crippen molar-refractivity contribution in [2.75, 3.05) is 5.32 Å². The van der Waals surface area contributed by atoms with Crippen molar-refractivity contribution in [3.63, 3.8) is 0 Å². The molecule has 2 aromatic heterocycles. The van der Waals surface area contributed by atoms with Crippen LogP contribution < -0.4 is 5.32 Å². The van der Waals surface area contributed by atoms with Crippen LogP contribution in [-0.4, -0.2) is 25.7 Å². The van der Waals surface area contributed by atoms with Gasteiger partial charge < -0.3 is 5.32 Å². The monoisotopic (exact) mass is 385 g/mol. The lowest BCUT2D eigenvalue weighted by molar-refractivity contribution is -0.140. The zero-order valence-corrected chi connectivity index (χ0v) is 16.5. The molecule has 144 valence electrons. The molecule has 1 N–H and O–H groups in total. The Morgan fingerprint density at radius 2 is 1.67 bits per heavy atom. The molecule has 2 heterocycles. The smallest absolute Gasteiger partial charge is 0.236 e. The van der Waals surface area contributed by atoms with Crippen LogP contribution in [0, 0.1) is 23.2 Å². The number of aromatic nitrogens is 4. The van der Waals surface area contributed by atoms with Crippen LogP contribution in [0.4, 0.5) is 5.13 Å². The Bertz CT molecular complexity index is 845. The van der Waals surface area contributed by atoms with Gasteiger partial charge in [0.25, 0.3) is 0 Å². The van der Waals surface area contributed by atoms with Crippen molar-refractivity contribution in [1.29, 1.82) is 0 Å². The van der Waals surface area contributed by atoms with Crippen molar-refractivity contribution in [2.24, 2.45) is 23.2 Å². The summed E-state index contributed by atoms with van der Waals surface area (Å²) < 4.78 is 1.88. The first-order valence-electron chi connectivity index (χ1n) is 10.7. The van der Waals surface area contributed by atoms with Gasteiger partial charge in [-0.05, 0) is 69.1 Å². The maximum atomic E-state index is 13.3. The van der Waals surface area contributed by atoms with Crippen LogP contribution in [0.25, 0.3) is 4.96 Å². The van der Waals surface area contributed by atoms with E-state index in [2.05, 4.69) is 15.5 Å². The van der Waals surface area contributed by atoms with E-state index in [9.17, 15) is 4.79 Å². The normalized spacial score (nSPS) is 35.8. The fraction of sp³-hybridized carbons (Fsp3) is 0.800. The number of anilines is 1. The van der Waals surface area contributed by atoms with Gasteiger partial charge in [0.1, 0.15) is 0 Å². The molecular weight excluding hydrogens is 358 g/mol. The van der Waals surface area contributed by atoms with Crippen LogP contribution in [0.2, 0.25) is 0 Å². The summed E-state index contributed by atoms with van der Waals surface area (Å²) in [6, 6.07) is 0. The van der Waals surface area contributed by atoms with Crippen molar-refractivity contribution in [3.8, 4) is 0 Å². The largest absolute Gasteiger partial charge is 0.300 e. The van der Waals surface area contributed by atoms with Crippen LogP contribution >= 0.6 is 11.3 Å². The Labute approximate surface area is 163 Å². The zero-order chi connectivity index (χ0) is 18.0. The Hall–Kier alpha value is -1.50. The number of carbonyl (C=O) groups is 1. The maximum absolute atomic E-state index is 13.3. The number of nitrogens with zero attached hydrogens (tertiary/aromatic N) is 4. The fourth-order valence-electron chi connectivity index (χ4n) is 6.92. The predicted octanol–water partition coefficient (Wildman–Crippen LogP) is 4.39. The van der Waals surface area contributed by atoms with E-state index in [0.717, 1.165) is 47.8 Å². The standard InChI is InChI=1S/C20H27N5OS/c26-17(20-9-12-6-13(10-20)8-14(7-12)11-20)21-18-24-25-16(22-23-19(25)27-18)15-4-2-1-3-5-15/h12-15H,1-11H2,(H,21,24,26). The van der Waals surface area contributed by atoms with Crippen LogP contribution in [0.5, 0.6) is 0 Å². The third-order valence-electron chi connectivity index (χ3n) is 7.73. The quantitative estimate of drug-likeness (QED) is 0.850. The minimum Gasteiger partial charge on any atom is -0.300 e. The lowest BCUT2D eigenvalue weighted by Gasteiger charge is -2.55. The van der Waals surface area contributed by atoms with Gasteiger partial charge in [0.05, 0.1) is 5.41 Å². The average Bonchev–Trinajstić information content (AvgIpc) is 3.21. The van der Waals surface area contributed by atoms with Crippen molar-refractivity contribution < 1.29 is 4.79 Å². The molecule has 7 heteroatoms. The highest BCUT2D eigenvalue weighted by Gasteiger charge is 2.54. The molecule has 0 radical (unpaired) electrons. The predicted molar refractivity (Wildman–Crippen MR) is 104 cm³/mol. The van der Waals surface area contributed by atoms with Crippen molar-refractivity contribution in [3.05, 3.63) is 5.82 Å². The minimum absolute atomic E-state index is 0.132. The number of amides is 1. The highest BCUT2D eigenvalue weighted by atomic mass is 32.1. The van der Waals surface area contributed by atoms with Gasteiger partial charge in [0.15, 0.2) is 5.82 Å². The van der Waals surface area contributed by atoms with E-state index in [1.807, 2.05) is 4.52 Å². The van der Waals surface area contributed by atoms with Gasteiger partial charge in [0, 0.05) is 5.92 Å². The number of nitrogens with one attached hydrogen (secondary N) is 1. The summed E-state index contributed by atoms with van der Waals surface area (Å²) in [7, 11) is 0. The molecule has 0 aliphatic heterocycles. The average molecular weight is 386 g/mol. The molecule has 0 saturated heterocycles. The molecule has 0 aromatic carbocycles. The van der Waals surface area contributed by atoms with Crippen LogP contribution in [-0.2, 0) is 4.79 Å². The summed E-state index contributed by atoms with van der Waals surface area (Å²) >= 11 is 1.46. The van der Waals surface area contributed by atoms with Gasteiger partial charge in [0.2, 0.25) is 16.0 Å². The lowest BCUT2D eigenvalue weighted by atomic mass is 9.49. The highest BCUT2D eigenvalue weighted by Crippen LogP contribution is 2.60. The Balaban J connectivity index is 1.24. The number of rotatable bonds is 3. The second kappa shape index (κ2) is 6.00. The summed E-state index contributed by atoms with van der Waals surface area (Å²) in [5, 5.41) is 17.3. The number of hydrogen-bond acceptors (Lipinski definition) is 5. The summed E-state index contributed by atoms with van der Waals surface area (Å²) in [6.45, 7) is 0. The summed E-state index contributed by atoms with van der Waals surface area (Å²) in [6.07, 6.45) is 13.5. The van der Waals surface area contributed by atoms with Gasteiger partial charge in [-0.25, -0.2) is 0 Å². The Morgan fingerprint density at radius 1 is 1.00 bits per heavy atom. The lowest BCUT2D eigenvalue weighted by Crippen LogP contribution is -2.51. The molecule has 7 rings (SSSR count). The molecular formula is C20H27N5OS. The third kappa shape index (κ3) is 2.64. The Kier molecular flexibility index (Phi) is 3.65. The van der Waals surface area contributed by atoms with Gasteiger partial charge >= 0.3 is 0 Å². The molecule has 0 unspecified atom stereocenters. The maximum Gasteiger partial charge on any atom is 0.236 e. The SMILES string of the molecule is O=C(Nc1nn2c(C3CCCCC3)nnc2s1)C12CC3CC(CC(C3)C1)C2. The first-order valence-corrected chi connectivity index (χ1v) is 11.5. The first kappa shape index (κ1) is 16.5.